The summed E-state index contributed by atoms with van der Waals surface area (Å²) in [4.78, 5) is 52.7. The summed E-state index contributed by atoms with van der Waals surface area (Å²) in [6.07, 6.45) is -0.370. The lowest BCUT2D eigenvalue weighted by Gasteiger charge is -2.50. The van der Waals surface area contributed by atoms with Crippen molar-refractivity contribution in [3.8, 4) is 0 Å². The van der Waals surface area contributed by atoms with E-state index in [1.165, 1.54) is 0 Å². The average molecular weight is 400 g/mol. The van der Waals surface area contributed by atoms with Crippen molar-refractivity contribution in [3.05, 3.63) is 35.9 Å². The molecule has 29 heavy (non-hydrogen) atoms. The highest BCUT2D eigenvalue weighted by atomic mass is 16.5. The molecule has 0 heterocycles. The topological polar surface area (TPSA) is 97.7 Å². The van der Waals surface area contributed by atoms with Crippen LogP contribution in [0.15, 0.2) is 30.3 Å². The minimum absolute atomic E-state index is 0.0697. The van der Waals surface area contributed by atoms with Crippen LogP contribution in [0.25, 0.3) is 0 Å². The third-order valence-electron chi connectivity index (χ3n) is 5.96. The molecule has 2 fully saturated rings. The van der Waals surface area contributed by atoms with Crippen molar-refractivity contribution in [2.75, 3.05) is 0 Å². The van der Waals surface area contributed by atoms with Crippen LogP contribution < -0.4 is 0 Å². The first-order valence-electron chi connectivity index (χ1n) is 9.88. The summed E-state index contributed by atoms with van der Waals surface area (Å²) in [5.41, 5.74) is -5.91. The SMILES string of the molecule is CC1(C)CC(=O)C(O)(C2(OCc3ccccc3)C(=O)CC(C)(C)CC2=O)C(=O)C1. The van der Waals surface area contributed by atoms with E-state index in [1.807, 2.05) is 6.07 Å². The van der Waals surface area contributed by atoms with Crippen molar-refractivity contribution >= 4 is 23.1 Å². The summed E-state index contributed by atoms with van der Waals surface area (Å²) >= 11 is 0. The highest BCUT2D eigenvalue weighted by Crippen LogP contribution is 2.48. The van der Waals surface area contributed by atoms with Crippen LogP contribution in [0, 0.1) is 10.8 Å². The van der Waals surface area contributed by atoms with Gasteiger partial charge in [0.1, 0.15) is 0 Å². The molecule has 2 aliphatic carbocycles. The first-order chi connectivity index (χ1) is 13.3. The predicted octanol–water partition coefficient (Wildman–Crippen LogP) is 2.59. The largest absolute Gasteiger partial charge is 0.372 e. The Morgan fingerprint density at radius 3 is 1.62 bits per heavy atom. The Hall–Kier alpha value is -2.18. The molecule has 1 aromatic carbocycles. The number of hydrogen-bond donors (Lipinski definition) is 1. The van der Waals surface area contributed by atoms with Gasteiger partial charge in [0.2, 0.25) is 11.2 Å². The zero-order valence-electron chi connectivity index (χ0n) is 17.4. The van der Waals surface area contributed by atoms with Crippen molar-refractivity contribution in [3.63, 3.8) is 0 Å². The fraction of sp³-hybridized carbons (Fsp3) is 0.565. The molecule has 6 nitrogen and oxygen atoms in total. The molecule has 3 rings (SSSR count). The van der Waals surface area contributed by atoms with Crippen molar-refractivity contribution in [1.29, 1.82) is 0 Å². The van der Waals surface area contributed by atoms with Gasteiger partial charge >= 0.3 is 0 Å². The number of aliphatic hydroxyl groups is 1. The maximum absolute atomic E-state index is 13.3. The molecule has 0 radical (unpaired) electrons. The standard InChI is InChI=1S/C23H28O6/c1-20(2)10-16(24)22(28,17(25)11-20)23(29-14-15-8-6-5-7-9-15)18(26)12-21(3,4)13-19(23)27/h5-9,28H,10-14H2,1-4H3. The molecule has 1 aromatic rings. The highest BCUT2D eigenvalue weighted by molar-refractivity contribution is 6.27. The molecule has 0 aromatic heterocycles. The molecule has 0 saturated heterocycles. The van der Waals surface area contributed by atoms with E-state index in [2.05, 4.69) is 0 Å². The molecule has 0 spiro atoms. The van der Waals surface area contributed by atoms with Gasteiger partial charge in [0, 0.05) is 25.7 Å². The van der Waals surface area contributed by atoms with E-state index in [9.17, 15) is 24.3 Å². The van der Waals surface area contributed by atoms with E-state index in [0.717, 1.165) is 0 Å². The number of carbonyl (C=O) groups excluding carboxylic acids is 4. The quantitative estimate of drug-likeness (QED) is 0.780. The van der Waals surface area contributed by atoms with Crippen LogP contribution in [0.2, 0.25) is 0 Å². The van der Waals surface area contributed by atoms with Gasteiger partial charge in [-0.3, -0.25) is 19.2 Å². The minimum Gasteiger partial charge on any atom is -0.372 e. The number of Topliss-reactive ketones (excluding diaryl/α,β-unsaturated/α-hetero) is 4. The molecule has 0 bridgehead atoms. The minimum atomic E-state index is -2.79. The smallest absolute Gasteiger partial charge is 0.227 e. The van der Waals surface area contributed by atoms with E-state index in [4.69, 9.17) is 4.74 Å². The van der Waals surface area contributed by atoms with Gasteiger partial charge in [-0.25, -0.2) is 0 Å². The maximum atomic E-state index is 13.3. The number of rotatable bonds is 4. The van der Waals surface area contributed by atoms with Crippen molar-refractivity contribution in [2.45, 2.75) is 71.2 Å². The molecular formula is C23H28O6. The zero-order valence-corrected chi connectivity index (χ0v) is 17.4. The Kier molecular flexibility index (Phi) is 5.16. The first kappa shape index (κ1) is 21.5. The van der Waals surface area contributed by atoms with Crippen molar-refractivity contribution in [1.82, 2.24) is 0 Å². The first-order valence-corrected chi connectivity index (χ1v) is 9.88. The van der Waals surface area contributed by atoms with E-state index >= 15 is 0 Å². The van der Waals surface area contributed by atoms with Crippen molar-refractivity contribution < 1.29 is 29.0 Å². The molecule has 0 amide bonds. The van der Waals surface area contributed by atoms with Gasteiger partial charge in [0.15, 0.2) is 23.1 Å². The molecule has 156 valence electrons. The Labute approximate surface area is 170 Å². The predicted molar refractivity (Wildman–Crippen MR) is 105 cm³/mol. The Bertz CT molecular complexity index is 825. The van der Waals surface area contributed by atoms with Crippen LogP contribution in [0.1, 0.15) is 58.9 Å². The molecule has 6 heteroatoms. The van der Waals surface area contributed by atoms with E-state index in [0.29, 0.717) is 5.56 Å². The Morgan fingerprint density at radius 2 is 1.17 bits per heavy atom. The summed E-state index contributed by atoms with van der Waals surface area (Å²) < 4.78 is 5.84. The van der Waals surface area contributed by atoms with Crippen LogP contribution in [0.5, 0.6) is 0 Å². The molecule has 1 N–H and O–H groups in total. The fourth-order valence-corrected chi connectivity index (χ4v) is 4.51. The molecule has 0 atom stereocenters. The summed E-state index contributed by atoms with van der Waals surface area (Å²) in [7, 11) is 0. The molecular weight excluding hydrogens is 372 g/mol. The monoisotopic (exact) mass is 400 g/mol. The van der Waals surface area contributed by atoms with Crippen molar-refractivity contribution in [2.24, 2.45) is 10.8 Å². The average Bonchev–Trinajstić information content (AvgIpc) is 2.58. The number of hydrogen-bond acceptors (Lipinski definition) is 6. The summed E-state index contributed by atoms with van der Waals surface area (Å²) in [5, 5.41) is 11.4. The number of ketones is 4. The van der Waals surface area contributed by atoms with Gasteiger partial charge in [-0.05, 0) is 16.4 Å². The van der Waals surface area contributed by atoms with Crippen LogP contribution in [-0.2, 0) is 30.5 Å². The number of benzene rings is 1. The van der Waals surface area contributed by atoms with Gasteiger partial charge < -0.3 is 9.84 Å². The number of carbonyl (C=O) groups is 4. The summed E-state index contributed by atoms with van der Waals surface area (Å²) in [6, 6.07) is 8.84. The maximum Gasteiger partial charge on any atom is 0.227 e. The second-order valence-electron chi connectivity index (χ2n) is 9.89. The molecule has 2 aliphatic rings. The lowest BCUT2D eigenvalue weighted by molar-refractivity contribution is -0.211. The van der Waals surface area contributed by atoms with Gasteiger partial charge in [0.25, 0.3) is 0 Å². The third kappa shape index (κ3) is 3.49. The normalized spacial score (nSPS) is 25.1. The van der Waals surface area contributed by atoms with Crippen LogP contribution in [0.4, 0.5) is 0 Å². The molecule has 0 unspecified atom stereocenters. The van der Waals surface area contributed by atoms with Gasteiger partial charge in [0.05, 0.1) is 6.61 Å². The van der Waals surface area contributed by atoms with Gasteiger partial charge in [-0.15, -0.1) is 0 Å². The second kappa shape index (κ2) is 6.96. The third-order valence-corrected chi connectivity index (χ3v) is 5.96. The molecule has 2 saturated carbocycles. The van der Waals surface area contributed by atoms with Crippen LogP contribution >= 0.6 is 0 Å². The summed E-state index contributed by atoms with van der Waals surface area (Å²) in [5.74, 6) is -3.07. The van der Waals surface area contributed by atoms with Crippen LogP contribution in [0.3, 0.4) is 0 Å². The summed E-state index contributed by atoms with van der Waals surface area (Å²) in [6.45, 7) is 6.84. The second-order valence-corrected chi connectivity index (χ2v) is 9.89. The Balaban J connectivity index is 2.10. The van der Waals surface area contributed by atoms with Crippen LogP contribution in [-0.4, -0.2) is 39.4 Å². The van der Waals surface area contributed by atoms with Gasteiger partial charge in [-0.1, -0.05) is 58.0 Å². The van der Waals surface area contributed by atoms with Gasteiger partial charge in [-0.2, -0.15) is 0 Å². The fourth-order valence-electron chi connectivity index (χ4n) is 4.51. The lowest BCUT2D eigenvalue weighted by atomic mass is 9.56. The highest BCUT2D eigenvalue weighted by Gasteiger charge is 2.72. The molecule has 0 aliphatic heterocycles. The lowest BCUT2D eigenvalue weighted by Crippen LogP contribution is -2.76. The van der Waals surface area contributed by atoms with E-state index in [-0.39, 0.29) is 32.3 Å². The van der Waals surface area contributed by atoms with E-state index < -0.39 is 45.2 Å². The zero-order chi connectivity index (χ0) is 21.7. The number of ether oxygens (including phenoxy) is 1. The Morgan fingerprint density at radius 1 is 0.759 bits per heavy atom. The van der Waals surface area contributed by atoms with E-state index in [1.54, 1.807) is 52.0 Å².